The first-order valence-electron chi connectivity index (χ1n) is 2.92. The maximum absolute atomic E-state index is 4.14. The van der Waals surface area contributed by atoms with E-state index >= 15 is 0 Å². The molecule has 0 aliphatic heterocycles. The minimum atomic E-state index is 1.04. The molecule has 0 spiro atoms. The van der Waals surface area contributed by atoms with E-state index < -0.39 is 0 Å². The van der Waals surface area contributed by atoms with Gasteiger partial charge in [0.15, 0.2) is 0 Å². The first-order valence-corrected chi connectivity index (χ1v) is 2.92. The van der Waals surface area contributed by atoms with Crippen LogP contribution in [0.5, 0.6) is 0 Å². The fraction of sp³-hybridized carbons (Fsp3) is 0.500. The Labute approximate surface area is 54.7 Å². The van der Waals surface area contributed by atoms with Gasteiger partial charge in [0.2, 0.25) is 0 Å². The van der Waals surface area contributed by atoms with Crippen LogP contribution >= 0.6 is 0 Å². The minimum Gasteiger partial charge on any atom is -0.373 e. The summed E-state index contributed by atoms with van der Waals surface area (Å²) >= 11 is 0. The second-order valence-corrected chi connectivity index (χ2v) is 2.04. The Morgan fingerprint density at radius 2 is 2.33 bits per heavy atom. The lowest BCUT2D eigenvalue weighted by Gasteiger charge is -1.96. The van der Waals surface area contributed by atoms with E-state index in [1.165, 1.54) is 0 Å². The topological polar surface area (TPSA) is 29.9 Å². The quantitative estimate of drug-likeness (QED) is 0.600. The first kappa shape index (κ1) is 6.13. The van der Waals surface area contributed by atoms with Crippen molar-refractivity contribution in [2.75, 3.05) is 12.4 Å². The van der Waals surface area contributed by atoms with Crippen LogP contribution in [-0.4, -0.2) is 16.8 Å². The molecular weight excluding hydrogens is 114 g/mol. The maximum atomic E-state index is 4.14. The normalized spacial score (nSPS) is 9.67. The summed E-state index contributed by atoms with van der Waals surface area (Å²) in [6.45, 7) is 1.97. The lowest BCUT2D eigenvalue weighted by atomic mass is 10.5. The zero-order valence-electron chi connectivity index (χ0n) is 5.97. The predicted molar refractivity (Wildman–Crippen MR) is 37.5 cm³/mol. The van der Waals surface area contributed by atoms with E-state index in [4.69, 9.17) is 0 Å². The zero-order valence-corrected chi connectivity index (χ0v) is 5.97. The molecule has 0 aromatic carbocycles. The first-order chi connectivity index (χ1) is 4.24. The summed E-state index contributed by atoms with van der Waals surface area (Å²) in [6, 6.07) is 2.00. The van der Waals surface area contributed by atoms with Gasteiger partial charge in [0, 0.05) is 20.2 Å². The van der Waals surface area contributed by atoms with Gasteiger partial charge in [0.25, 0.3) is 0 Å². The molecule has 9 heavy (non-hydrogen) atoms. The van der Waals surface area contributed by atoms with Gasteiger partial charge in [-0.25, -0.2) is 0 Å². The average molecular weight is 125 g/mol. The molecule has 0 aliphatic carbocycles. The summed E-state index contributed by atoms with van der Waals surface area (Å²) < 4.78 is 1.81. The van der Waals surface area contributed by atoms with Gasteiger partial charge in [-0.2, -0.15) is 5.10 Å². The van der Waals surface area contributed by atoms with E-state index in [9.17, 15) is 0 Å². The van der Waals surface area contributed by atoms with Gasteiger partial charge >= 0.3 is 0 Å². The van der Waals surface area contributed by atoms with Gasteiger partial charge in [0.1, 0.15) is 5.82 Å². The molecule has 0 aliphatic rings. The third-order valence-corrected chi connectivity index (χ3v) is 1.26. The standard InChI is InChI=1S/C6H11N3/c1-5-4-6(7-2)9(3)8-5/h4,7H,1-3H3. The molecule has 1 N–H and O–H groups in total. The fourth-order valence-electron chi connectivity index (χ4n) is 0.845. The molecule has 0 saturated carbocycles. The predicted octanol–water partition coefficient (Wildman–Crippen LogP) is 0.770. The van der Waals surface area contributed by atoms with E-state index in [2.05, 4.69) is 10.4 Å². The smallest absolute Gasteiger partial charge is 0.123 e. The molecule has 50 valence electrons. The second kappa shape index (κ2) is 2.09. The van der Waals surface area contributed by atoms with Crippen molar-refractivity contribution in [3.05, 3.63) is 11.8 Å². The third-order valence-electron chi connectivity index (χ3n) is 1.26. The number of rotatable bonds is 1. The molecule has 0 atom stereocenters. The third kappa shape index (κ3) is 1.04. The Morgan fingerprint density at radius 1 is 1.67 bits per heavy atom. The number of aromatic nitrogens is 2. The number of hydrogen-bond donors (Lipinski definition) is 1. The summed E-state index contributed by atoms with van der Waals surface area (Å²) in [5.41, 5.74) is 1.04. The Morgan fingerprint density at radius 3 is 2.56 bits per heavy atom. The van der Waals surface area contributed by atoms with Gasteiger partial charge in [-0.1, -0.05) is 0 Å². The largest absolute Gasteiger partial charge is 0.373 e. The number of aryl methyl sites for hydroxylation is 2. The van der Waals surface area contributed by atoms with Gasteiger partial charge in [-0.05, 0) is 6.92 Å². The Hall–Kier alpha value is -0.990. The Kier molecular flexibility index (Phi) is 1.42. The second-order valence-electron chi connectivity index (χ2n) is 2.04. The fourth-order valence-corrected chi connectivity index (χ4v) is 0.845. The van der Waals surface area contributed by atoms with Crippen molar-refractivity contribution >= 4 is 5.82 Å². The molecule has 1 heterocycles. The van der Waals surface area contributed by atoms with E-state index in [1.54, 1.807) is 0 Å². The van der Waals surface area contributed by atoms with Crippen molar-refractivity contribution in [3.63, 3.8) is 0 Å². The summed E-state index contributed by atoms with van der Waals surface area (Å²) in [4.78, 5) is 0. The van der Waals surface area contributed by atoms with Gasteiger partial charge in [0.05, 0.1) is 5.69 Å². The van der Waals surface area contributed by atoms with Crippen LogP contribution in [0.3, 0.4) is 0 Å². The molecule has 0 amide bonds. The van der Waals surface area contributed by atoms with Crippen LogP contribution in [0.4, 0.5) is 5.82 Å². The minimum absolute atomic E-state index is 1.04. The number of nitrogens with one attached hydrogen (secondary N) is 1. The lowest BCUT2D eigenvalue weighted by molar-refractivity contribution is 0.763. The molecule has 1 rings (SSSR count). The molecule has 0 radical (unpaired) electrons. The van der Waals surface area contributed by atoms with Crippen LogP contribution in [0.25, 0.3) is 0 Å². The van der Waals surface area contributed by atoms with Gasteiger partial charge < -0.3 is 5.32 Å². The molecule has 1 aromatic heterocycles. The molecule has 3 heteroatoms. The Balaban J connectivity index is 3.01. The van der Waals surface area contributed by atoms with E-state index in [0.717, 1.165) is 11.5 Å². The summed E-state index contributed by atoms with van der Waals surface area (Å²) in [7, 11) is 3.80. The summed E-state index contributed by atoms with van der Waals surface area (Å²) in [5.74, 6) is 1.05. The van der Waals surface area contributed by atoms with Crippen molar-refractivity contribution in [1.29, 1.82) is 0 Å². The van der Waals surface area contributed by atoms with Crippen molar-refractivity contribution in [1.82, 2.24) is 9.78 Å². The zero-order chi connectivity index (χ0) is 6.85. The van der Waals surface area contributed by atoms with E-state index in [-0.39, 0.29) is 0 Å². The van der Waals surface area contributed by atoms with Crippen LogP contribution < -0.4 is 5.32 Å². The lowest BCUT2D eigenvalue weighted by Crippen LogP contribution is -1.97. The average Bonchev–Trinajstić information content (AvgIpc) is 2.10. The van der Waals surface area contributed by atoms with Crippen molar-refractivity contribution < 1.29 is 0 Å². The van der Waals surface area contributed by atoms with Gasteiger partial charge in [-0.3, -0.25) is 4.68 Å². The highest BCUT2D eigenvalue weighted by Crippen LogP contribution is 2.05. The molecule has 0 fully saturated rings. The van der Waals surface area contributed by atoms with E-state index in [1.807, 2.05) is 31.8 Å². The van der Waals surface area contributed by atoms with E-state index in [0.29, 0.717) is 0 Å². The SMILES string of the molecule is CNc1cc(C)nn1C. The number of hydrogen-bond acceptors (Lipinski definition) is 2. The van der Waals surface area contributed by atoms with Crippen molar-refractivity contribution in [2.45, 2.75) is 6.92 Å². The van der Waals surface area contributed by atoms with Crippen molar-refractivity contribution in [2.24, 2.45) is 7.05 Å². The highest BCUT2D eigenvalue weighted by atomic mass is 15.3. The van der Waals surface area contributed by atoms with Crippen LogP contribution in [0, 0.1) is 6.92 Å². The monoisotopic (exact) mass is 125 g/mol. The molecule has 0 saturated heterocycles. The summed E-state index contributed by atoms with van der Waals surface area (Å²) in [5, 5.41) is 7.15. The van der Waals surface area contributed by atoms with Crippen LogP contribution in [0.1, 0.15) is 5.69 Å². The maximum Gasteiger partial charge on any atom is 0.123 e. The summed E-state index contributed by atoms with van der Waals surface area (Å²) in [6.07, 6.45) is 0. The Bertz CT molecular complexity index is 202. The highest BCUT2D eigenvalue weighted by molar-refractivity contribution is 5.35. The molecular formula is C6H11N3. The molecule has 0 unspecified atom stereocenters. The van der Waals surface area contributed by atoms with Crippen molar-refractivity contribution in [3.8, 4) is 0 Å². The highest BCUT2D eigenvalue weighted by Gasteiger charge is 1.95. The molecule has 1 aromatic rings. The van der Waals surface area contributed by atoms with Crippen LogP contribution in [0.2, 0.25) is 0 Å². The van der Waals surface area contributed by atoms with Gasteiger partial charge in [-0.15, -0.1) is 0 Å². The van der Waals surface area contributed by atoms with Crippen LogP contribution in [-0.2, 0) is 7.05 Å². The molecule has 0 bridgehead atoms. The molecule has 3 nitrogen and oxygen atoms in total. The van der Waals surface area contributed by atoms with Crippen LogP contribution in [0.15, 0.2) is 6.07 Å². The number of nitrogens with zero attached hydrogens (tertiary/aromatic N) is 2. The number of anilines is 1.